The van der Waals surface area contributed by atoms with E-state index in [4.69, 9.17) is 10.7 Å². The number of nitrogen functional groups attached to an aromatic ring is 1. The highest BCUT2D eigenvalue weighted by atomic mass is 16.3. The molecule has 1 unspecified atom stereocenters. The number of aryl methyl sites for hydroxylation is 2. The quantitative estimate of drug-likeness (QED) is 0.201. The highest BCUT2D eigenvalue weighted by Crippen LogP contribution is 2.17. The lowest BCUT2D eigenvalue weighted by molar-refractivity contribution is 0.191. The van der Waals surface area contributed by atoms with Gasteiger partial charge in [0, 0.05) is 44.8 Å². The number of hydrogen-bond donors (Lipinski definition) is 3. The Balaban J connectivity index is 1.82. The van der Waals surface area contributed by atoms with Crippen LogP contribution in [-0.4, -0.2) is 43.0 Å². The van der Waals surface area contributed by atoms with Crippen molar-refractivity contribution in [2.75, 3.05) is 18.8 Å². The van der Waals surface area contributed by atoms with Gasteiger partial charge in [0.05, 0.1) is 6.10 Å². The van der Waals surface area contributed by atoms with Gasteiger partial charge in [-0.25, -0.2) is 9.78 Å². The summed E-state index contributed by atoms with van der Waals surface area (Å²) in [6.45, 7) is 5.91. The van der Waals surface area contributed by atoms with Crippen LogP contribution in [0.15, 0.2) is 64.2 Å². The number of imidazole rings is 1. The minimum absolute atomic E-state index is 0.312. The molecule has 2 aromatic carbocycles. The first-order chi connectivity index (χ1) is 17.9. The van der Waals surface area contributed by atoms with Crippen molar-refractivity contribution in [1.29, 1.82) is 0 Å². The Morgan fingerprint density at radius 2 is 1.68 bits per heavy atom. The van der Waals surface area contributed by atoms with Crippen molar-refractivity contribution in [2.45, 2.75) is 58.8 Å². The predicted molar refractivity (Wildman–Crippen MR) is 147 cm³/mol. The molecule has 1 atom stereocenters. The second kappa shape index (κ2) is 12.0. The SMILES string of the molecule is CCCn1c(=O)c2c(nc(Cc3ccccc3)n2CCNCC(C)O)n(CCc2ccc(N)cc2)c1=O. The summed E-state index contributed by atoms with van der Waals surface area (Å²) in [6, 6.07) is 17.6. The number of anilines is 1. The van der Waals surface area contributed by atoms with Crippen LogP contribution < -0.4 is 22.3 Å². The minimum Gasteiger partial charge on any atom is -0.399 e. The Morgan fingerprint density at radius 3 is 2.35 bits per heavy atom. The van der Waals surface area contributed by atoms with E-state index in [1.54, 1.807) is 11.5 Å². The summed E-state index contributed by atoms with van der Waals surface area (Å²) < 4.78 is 4.90. The Hall–Kier alpha value is -3.69. The molecule has 9 heteroatoms. The van der Waals surface area contributed by atoms with E-state index in [9.17, 15) is 14.7 Å². The Labute approximate surface area is 216 Å². The van der Waals surface area contributed by atoms with Gasteiger partial charge in [0.1, 0.15) is 5.82 Å². The van der Waals surface area contributed by atoms with Crippen molar-refractivity contribution in [3.63, 3.8) is 0 Å². The fourth-order valence-corrected chi connectivity index (χ4v) is 4.54. The van der Waals surface area contributed by atoms with Gasteiger partial charge in [0.25, 0.3) is 5.56 Å². The number of nitrogens with one attached hydrogen (secondary N) is 1. The van der Waals surface area contributed by atoms with Crippen LogP contribution in [0.3, 0.4) is 0 Å². The molecule has 0 fully saturated rings. The van der Waals surface area contributed by atoms with Gasteiger partial charge in [-0.15, -0.1) is 0 Å². The molecule has 4 rings (SSSR count). The van der Waals surface area contributed by atoms with Crippen LogP contribution in [0.4, 0.5) is 5.69 Å². The number of rotatable bonds is 12. The molecule has 0 bridgehead atoms. The molecule has 9 nitrogen and oxygen atoms in total. The van der Waals surface area contributed by atoms with E-state index >= 15 is 0 Å². The fourth-order valence-electron chi connectivity index (χ4n) is 4.54. The number of fused-ring (bicyclic) bond motifs is 1. The molecule has 0 amide bonds. The van der Waals surface area contributed by atoms with Crippen LogP contribution in [0.1, 0.15) is 37.2 Å². The van der Waals surface area contributed by atoms with Crippen molar-refractivity contribution < 1.29 is 5.11 Å². The third-order valence-electron chi connectivity index (χ3n) is 6.40. The molecule has 0 spiro atoms. The lowest BCUT2D eigenvalue weighted by atomic mass is 10.1. The summed E-state index contributed by atoms with van der Waals surface area (Å²) in [5, 5.41) is 12.9. The van der Waals surface area contributed by atoms with E-state index in [0.717, 1.165) is 17.0 Å². The van der Waals surface area contributed by atoms with Crippen LogP contribution in [0, 0.1) is 0 Å². The van der Waals surface area contributed by atoms with E-state index < -0.39 is 6.10 Å². The summed E-state index contributed by atoms with van der Waals surface area (Å²) in [5.74, 6) is 0.729. The molecule has 0 radical (unpaired) electrons. The van der Waals surface area contributed by atoms with Crippen molar-refractivity contribution in [3.8, 4) is 0 Å². The van der Waals surface area contributed by atoms with Gasteiger partial charge in [0.2, 0.25) is 0 Å². The van der Waals surface area contributed by atoms with Gasteiger partial charge in [-0.3, -0.25) is 13.9 Å². The lowest BCUT2D eigenvalue weighted by Crippen LogP contribution is -2.41. The van der Waals surface area contributed by atoms with E-state index in [2.05, 4.69) is 5.32 Å². The maximum Gasteiger partial charge on any atom is 0.332 e. The smallest absolute Gasteiger partial charge is 0.332 e. The summed E-state index contributed by atoms with van der Waals surface area (Å²) >= 11 is 0. The van der Waals surface area contributed by atoms with E-state index in [1.807, 2.05) is 66.1 Å². The summed E-state index contributed by atoms with van der Waals surface area (Å²) in [5.41, 5.74) is 8.84. The second-order valence-electron chi connectivity index (χ2n) is 9.45. The maximum atomic E-state index is 13.6. The highest BCUT2D eigenvalue weighted by Gasteiger charge is 2.21. The van der Waals surface area contributed by atoms with Gasteiger partial charge in [-0.2, -0.15) is 0 Å². The van der Waals surface area contributed by atoms with Crippen molar-refractivity contribution in [1.82, 2.24) is 24.0 Å². The minimum atomic E-state index is -0.469. The highest BCUT2D eigenvalue weighted by molar-refractivity contribution is 5.71. The lowest BCUT2D eigenvalue weighted by Gasteiger charge is -2.13. The number of nitrogens with two attached hydrogens (primary N) is 1. The normalized spacial score (nSPS) is 12.3. The van der Waals surface area contributed by atoms with Crippen LogP contribution >= 0.6 is 0 Å². The number of benzene rings is 2. The summed E-state index contributed by atoms with van der Waals surface area (Å²) in [6.07, 6.45) is 1.34. The molecule has 0 aliphatic heterocycles. The van der Waals surface area contributed by atoms with Crippen molar-refractivity contribution >= 4 is 16.9 Å². The Morgan fingerprint density at radius 1 is 0.946 bits per heavy atom. The monoisotopic (exact) mass is 504 g/mol. The van der Waals surface area contributed by atoms with E-state index in [0.29, 0.717) is 68.8 Å². The van der Waals surface area contributed by atoms with Crippen LogP contribution in [0.25, 0.3) is 11.2 Å². The van der Waals surface area contributed by atoms with Crippen LogP contribution in [0.5, 0.6) is 0 Å². The van der Waals surface area contributed by atoms with Gasteiger partial charge >= 0.3 is 5.69 Å². The summed E-state index contributed by atoms with van der Waals surface area (Å²) in [4.78, 5) is 32.0. The summed E-state index contributed by atoms with van der Waals surface area (Å²) in [7, 11) is 0. The molecule has 0 saturated carbocycles. The zero-order valence-electron chi connectivity index (χ0n) is 21.6. The number of nitrogens with zero attached hydrogens (tertiary/aromatic N) is 4. The molecule has 0 aliphatic carbocycles. The standard InChI is InChI=1S/C28H36N6O3/c1-3-15-34-27(36)25-26(33(28(34)37)16-13-21-9-11-23(29)12-10-21)31-24(18-22-7-5-4-6-8-22)32(25)17-14-30-19-20(2)35/h4-12,20,30,35H,3,13-19,29H2,1-2H3. The molecule has 37 heavy (non-hydrogen) atoms. The molecule has 196 valence electrons. The van der Waals surface area contributed by atoms with Crippen LogP contribution in [-0.2, 0) is 32.5 Å². The average molecular weight is 505 g/mol. The molecule has 4 N–H and O–H groups in total. The van der Waals surface area contributed by atoms with Gasteiger partial charge in [-0.1, -0.05) is 49.4 Å². The first-order valence-electron chi connectivity index (χ1n) is 12.9. The molecular formula is C28H36N6O3. The van der Waals surface area contributed by atoms with Gasteiger partial charge < -0.3 is 20.7 Å². The first-order valence-corrected chi connectivity index (χ1v) is 12.9. The fraction of sp³-hybridized carbons (Fsp3) is 0.393. The number of aliphatic hydroxyl groups is 1. The van der Waals surface area contributed by atoms with E-state index in [-0.39, 0.29) is 11.2 Å². The topological polar surface area (TPSA) is 120 Å². The van der Waals surface area contributed by atoms with Crippen molar-refractivity contribution in [3.05, 3.63) is 92.4 Å². The first kappa shape index (κ1) is 26.4. The Bertz CT molecular complexity index is 1440. The zero-order valence-corrected chi connectivity index (χ0v) is 21.6. The average Bonchev–Trinajstić information content (AvgIpc) is 3.23. The Kier molecular flexibility index (Phi) is 8.58. The number of aromatic nitrogens is 4. The third-order valence-corrected chi connectivity index (χ3v) is 6.40. The molecular weight excluding hydrogens is 468 g/mol. The predicted octanol–water partition coefficient (Wildman–Crippen LogP) is 2.16. The number of hydrogen-bond acceptors (Lipinski definition) is 6. The second-order valence-corrected chi connectivity index (χ2v) is 9.45. The zero-order chi connectivity index (χ0) is 26.4. The molecule has 2 heterocycles. The largest absolute Gasteiger partial charge is 0.399 e. The van der Waals surface area contributed by atoms with E-state index in [1.165, 1.54) is 4.57 Å². The van der Waals surface area contributed by atoms with Gasteiger partial charge in [-0.05, 0) is 43.0 Å². The molecule has 0 aliphatic rings. The number of aliphatic hydroxyl groups excluding tert-OH is 1. The third kappa shape index (κ3) is 6.18. The maximum absolute atomic E-state index is 13.6. The van der Waals surface area contributed by atoms with Gasteiger partial charge in [0.15, 0.2) is 11.2 Å². The van der Waals surface area contributed by atoms with Crippen LogP contribution in [0.2, 0.25) is 0 Å². The molecule has 4 aromatic rings. The molecule has 2 aromatic heterocycles. The van der Waals surface area contributed by atoms with Crippen molar-refractivity contribution in [2.24, 2.45) is 0 Å². The molecule has 0 saturated heterocycles.